The van der Waals surface area contributed by atoms with Crippen LogP contribution in [0, 0.1) is 12.3 Å². The third kappa shape index (κ3) is 2.59. The van der Waals surface area contributed by atoms with Crippen molar-refractivity contribution in [2.24, 2.45) is 0 Å². The van der Waals surface area contributed by atoms with Crippen LogP contribution in [0.25, 0.3) is 0 Å². The number of piperazine rings is 1. The zero-order valence-corrected chi connectivity index (χ0v) is 7.58. The van der Waals surface area contributed by atoms with E-state index in [9.17, 15) is 14.4 Å². The van der Waals surface area contributed by atoms with Gasteiger partial charge >= 0.3 is 0 Å². The quantitative estimate of drug-likeness (QED) is 0.447. The van der Waals surface area contributed by atoms with E-state index < -0.39 is 11.8 Å². The molecule has 0 unspecified atom stereocenters. The van der Waals surface area contributed by atoms with E-state index in [0.717, 1.165) is 0 Å². The van der Waals surface area contributed by atoms with Crippen LogP contribution in [0.2, 0.25) is 0 Å². The Morgan fingerprint density at radius 2 is 2.00 bits per heavy atom. The number of hydrogen-bond acceptors (Lipinski definition) is 3. The molecule has 0 saturated carbocycles. The van der Waals surface area contributed by atoms with Gasteiger partial charge in [-0.25, -0.2) is 0 Å². The van der Waals surface area contributed by atoms with Gasteiger partial charge in [0.15, 0.2) is 0 Å². The molecule has 1 rings (SSSR count). The number of rotatable bonds is 2. The normalized spacial score (nSPS) is 16.1. The van der Waals surface area contributed by atoms with E-state index in [2.05, 4.69) is 11.2 Å². The van der Waals surface area contributed by atoms with Gasteiger partial charge in [-0.1, -0.05) is 0 Å². The molecule has 1 N–H and O–H groups in total. The van der Waals surface area contributed by atoms with Gasteiger partial charge in [-0.3, -0.25) is 19.7 Å². The number of amides is 3. The lowest BCUT2D eigenvalue weighted by Gasteiger charge is -2.25. The van der Waals surface area contributed by atoms with Crippen molar-refractivity contribution in [2.75, 3.05) is 13.1 Å². The fraction of sp³-hybridized carbons (Fsp3) is 0.444. The Balaban J connectivity index is 2.51. The molecule has 0 atom stereocenters. The number of nitrogens with one attached hydrogen (secondary N) is 1. The van der Waals surface area contributed by atoms with Gasteiger partial charge in [-0.15, -0.1) is 12.3 Å². The molecule has 0 spiro atoms. The Hall–Kier alpha value is -1.83. The highest BCUT2D eigenvalue weighted by Crippen LogP contribution is 2.00. The molecule has 14 heavy (non-hydrogen) atoms. The van der Waals surface area contributed by atoms with Crippen molar-refractivity contribution in [1.29, 1.82) is 0 Å². The Morgan fingerprint density at radius 1 is 1.43 bits per heavy atom. The summed E-state index contributed by atoms with van der Waals surface area (Å²) in [5, 5.41) is 2.11. The first-order chi connectivity index (χ1) is 6.63. The van der Waals surface area contributed by atoms with E-state index in [1.165, 1.54) is 4.90 Å². The molecule has 0 aromatic heterocycles. The second-order valence-corrected chi connectivity index (χ2v) is 2.93. The Bertz CT molecular complexity index is 301. The minimum Gasteiger partial charge on any atom is -0.324 e. The molecule has 0 aromatic carbocycles. The van der Waals surface area contributed by atoms with Gasteiger partial charge in [0.2, 0.25) is 17.7 Å². The van der Waals surface area contributed by atoms with E-state index in [1.807, 2.05) is 0 Å². The fourth-order valence-electron chi connectivity index (χ4n) is 1.15. The van der Waals surface area contributed by atoms with Crippen molar-refractivity contribution in [2.45, 2.75) is 12.8 Å². The molecule has 1 aliphatic heterocycles. The number of nitrogens with zero attached hydrogens (tertiary/aromatic N) is 1. The molecule has 1 heterocycles. The lowest BCUT2D eigenvalue weighted by Crippen LogP contribution is -2.53. The fourth-order valence-corrected chi connectivity index (χ4v) is 1.15. The minimum atomic E-state index is -0.449. The van der Waals surface area contributed by atoms with E-state index in [0.29, 0.717) is 6.42 Å². The summed E-state index contributed by atoms with van der Waals surface area (Å²) < 4.78 is 0. The smallest absolute Gasteiger partial charge is 0.246 e. The van der Waals surface area contributed by atoms with Crippen molar-refractivity contribution >= 4 is 17.7 Å². The number of carbonyl (C=O) groups is 3. The molecule has 1 saturated heterocycles. The highest BCUT2D eigenvalue weighted by Gasteiger charge is 2.25. The number of hydrogen-bond donors (Lipinski definition) is 1. The van der Waals surface area contributed by atoms with Gasteiger partial charge in [-0.2, -0.15) is 0 Å². The predicted molar refractivity (Wildman–Crippen MR) is 47.8 cm³/mol. The Labute approximate surface area is 81.4 Å². The summed E-state index contributed by atoms with van der Waals surface area (Å²) in [6, 6.07) is 0. The maximum absolute atomic E-state index is 11.3. The maximum atomic E-state index is 11.3. The zero-order chi connectivity index (χ0) is 10.6. The summed E-state index contributed by atoms with van der Waals surface area (Å²) in [5.74, 6) is 1.17. The molecule has 0 radical (unpaired) electrons. The van der Waals surface area contributed by atoms with Gasteiger partial charge in [0.25, 0.3) is 0 Å². The summed E-state index contributed by atoms with van der Waals surface area (Å²) in [6.07, 6.45) is 5.50. The van der Waals surface area contributed by atoms with Crippen LogP contribution in [0.3, 0.4) is 0 Å². The van der Waals surface area contributed by atoms with Crippen LogP contribution in [0.5, 0.6) is 0 Å². The number of terminal acetylenes is 1. The van der Waals surface area contributed by atoms with Crippen molar-refractivity contribution < 1.29 is 14.4 Å². The van der Waals surface area contributed by atoms with Crippen molar-refractivity contribution in [3.05, 3.63) is 0 Å². The summed E-state index contributed by atoms with van der Waals surface area (Å²) >= 11 is 0. The van der Waals surface area contributed by atoms with Crippen LogP contribution in [-0.4, -0.2) is 35.7 Å². The molecule has 0 bridgehead atoms. The van der Waals surface area contributed by atoms with Crippen molar-refractivity contribution in [1.82, 2.24) is 10.2 Å². The van der Waals surface area contributed by atoms with Crippen LogP contribution < -0.4 is 5.32 Å². The van der Waals surface area contributed by atoms with Crippen molar-refractivity contribution in [3.63, 3.8) is 0 Å². The van der Waals surface area contributed by atoms with Gasteiger partial charge in [0.05, 0.1) is 0 Å². The number of imide groups is 1. The molecule has 1 fully saturated rings. The van der Waals surface area contributed by atoms with Crippen LogP contribution >= 0.6 is 0 Å². The molecule has 74 valence electrons. The second-order valence-electron chi connectivity index (χ2n) is 2.93. The minimum absolute atomic E-state index is 0.0604. The average Bonchev–Trinajstić information content (AvgIpc) is 2.12. The van der Waals surface area contributed by atoms with Crippen molar-refractivity contribution in [3.8, 4) is 12.3 Å². The van der Waals surface area contributed by atoms with Gasteiger partial charge in [-0.05, 0) is 0 Å². The molecule has 0 aliphatic carbocycles. The SMILES string of the molecule is C#CCCC(=O)N1CC(=O)NC(=O)C1. The monoisotopic (exact) mass is 194 g/mol. The first kappa shape index (κ1) is 10.3. The number of carbonyl (C=O) groups excluding carboxylic acids is 3. The molecule has 5 nitrogen and oxygen atoms in total. The predicted octanol–water partition coefficient (Wildman–Crippen LogP) is -1.12. The molecule has 3 amide bonds. The lowest BCUT2D eigenvalue weighted by atomic mass is 10.2. The van der Waals surface area contributed by atoms with Gasteiger partial charge in [0, 0.05) is 12.8 Å². The maximum Gasteiger partial charge on any atom is 0.246 e. The molecule has 0 aromatic rings. The molecule has 1 aliphatic rings. The topological polar surface area (TPSA) is 66.5 Å². The van der Waals surface area contributed by atoms with Crippen LogP contribution in [0.1, 0.15) is 12.8 Å². The average molecular weight is 194 g/mol. The molecular formula is C9H10N2O3. The van der Waals surface area contributed by atoms with E-state index >= 15 is 0 Å². The van der Waals surface area contributed by atoms with E-state index in [-0.39, 0.29) is 25.4 Å². The lowest BCUT2D eigenvalue weighted by molar-refractivity contribution is -0.145. The first-order valence-electron chi connectivity index (χ1n) is 4.17. The van der Waals surface area contributed by atoms with Crippen LogP contribution in [-0.2, 0) is 14.4 Å². The van der Waals surface area contributed by atoms with Gasteiger partial charge < -0.3 is 4.90 Å². The summed E-state index contributed by atoms with van der Waals surface area (Å²) in [4.78, 5) is 34.3. The Kier molecular flexibility index (Phi) is 3.24. The van der Waals surface area contributed by atoms with E-state index in [4.69, 9.17) is 6.42 Å². The summed E-state index contributed by atoms with van der Waals surface area (Å²) in [6.45, 7) is -0.121. The molecular weight excluding hydrogens is 184 g/mol. The molecule has 5 heteroatoms. The van der Waals surface area contributed by atoms with Gasteiger partial charge in [0.1, 0.15) is 13.1 Å². The summed E-state index contributed by atoms with van der Waals surface area (Å²) in [7, 11) is 0. The highest BCUT2D eigenvalue weighted by molar-refractivity contribution is 6.02. The highest BCUT2D eigenvalue weighted by atomic mass is 16.2. The largest absolute Gasteiger partial charge is 0.324 e. The third-order valence-corrected chi connectivity index (χ3v) is 1.78. The Morgan fingerprint density at radius 3 is 2.50 bits per heavy atom. The second kappa shape index (κ2) is 4.42. The van der Waals surface area contributed by atoms with Crippen LogP contribution in [0.4, 0.5) is 0 Å². The third-order valence-electron chi connectivity index (χ3n) is 1.78. The standard InChI is InChI=1S/C9H10N2O3/c1-2-3-4-9(14)11-5-7(12)10-8(13)6-11/h1H,3-6H2,(H,10,12,13). The first-order valence-corrected chi connectivity index (χ1v) is 4.17. The zero-order valence-electron chi connectivity index (χ0n) is 7.58. The summed E-state index contributed by atoms with van der Waals surface area (Å²) in [5.41, 5.74) is 0. The van der Waals surface area contributed by atoms with Crippen LogP contribution in [0.15, 0.2) is 0 Å². The van der Waals surface area contributed by atoms with E-state index in [1.54, 1.807) is 0 Å².